The molecule has 128 valence electrons. The number of rotatable bonds is 6. The van der Waals surface area contributed by atoms with Crippen molar-refractivity contribution in [2.75, 3.05) is 5.32 Å². The lowest BCUT2D eigenvalue weighted by Gasteiger charge is -2.08. The summed E-state index contributed by atoms with van der Waals surface area (Å²) in [6, 6.07) is 13.4. The maximum Gasteiger partial charge on any atom is 0.308 e. The number of carbonyl (C=O) groups excluding carboxylic acids is 3. The van der Waals surface area contributed by atoms with Crippen LogP contribution in [0, 0.1) is 0 Å². The zero-order chi connectivity index (χ0) is 18.2. The number of hydrogen-bond donors (Lipinski definition) is 2. The van der Waals surface area contributed by atoms with Gasteiger partial charge >= 0.3 is 5.97 Å². The van der Waals surface area contributed by atoms with Crippen LogP contribution in [0.5, 0.6) is 5.75 Å². The molecule has 0 heterocycles. The number of benzene rings is 2. The third-order valence-corrected chi connectivity index (χ3v) is 3.22. The molecule has 0 saturated carbocycles. The molecule has 0 aliphatic carbocycles. The molecule has 2 aromatic carbocycles. The minimum Gasteiger partial charge on any atom is -0.427 e. The quantitative estimate of drug-likeness (QED) is 0.482. The zero-order valence-electron chi connectivity index (χ0n) is 13.7. The van der Waals surface area contributed by atoms with Crippen LogP contribution < -0.4 is 15.4 Å². The summed E-state index contributed by atoms with van der Waals surface area (Å²) < 4.78 is 4.97. The summed E-state index contributed by atoms with van der Waals surface area (Å²) in [6.45, 7) is 5.06. The first-order valence-electron chi connectivity index (χ1n) is 7.57. The van der Waals surface area contributed by atoms with E-state index in [4.69, 9.17) is 4.74 Å². The van der Waals surface area contributed by atoms with Gasteiger partial charge in [-0.2, -0.15) is 0 Å². The molecule has 0 aliphatic heterocycles. The fourth-order valence-electron chi connectivity index (χ4n) is 2.04. The number of esters is 1. The summed E-state index contributed by atoms with van der Waals surface area (Å²) in [5.41, 5.74) is 1.88. The smallest absolute Gasteiger partial charge is 0.308 e. The largest absolute Gasteiger partial charge is 0.427 e. The second-order valence-corrected chi connectivity index (χ2v) is 5.19. The van der Waals surface area contributed by atoms with Crippen LogP contribution in [-0.2, 0) is 16.1 Å². The first kappa shape index (κ1) is 17.9. The van der Waals surface area contributed by atoms with Gasteiger partial charge < -0.3 is 15.4 Å². The summed E-state index contributed by atoms with van der Waals surface area (Å²) in [7, 11) is 0. The lowest BCUT2D eigenvalue weighted by atomic mass is 10.1. The molecule has 0 aliphatic rings. The van der Waals surface area contributed by atoms with Crippen LogP contribution in [-0.4, -0.2) is 17.8 Å². The average molecular weight is 338 g/mol. The van der Waals surface area contributed by atoms with Crippen molar-refractivity contribution < 1.29 is 19.1 Å². The number of ether oxygens (including phenoxy) is 1. The summed E-state index contributed by atoms with van der Waals surface area (Å²) in [5.74, 6) is -0.697. The van der Waals surface area contributed by atoms with E-state index in [-0.39, 0.29) is 11.8 Å². The molecule has 2 N–H and O–H groups in total. The van der Waals surface area contributed by atoms with Crippen LogP contribution in [0.3, 0.4) is 0 Å². The van der Waals surface area contributed by atoms with Crippen LogP contribution in [0.2, 0.25) is 0 Å². The summed E-state index contributed by atoms with van der Waals surface area (Å²) in [4.78, 5) is 34.4. The van der Waals surface area contributed by atoms with Crippen LogP contribution in [0.4, 0.5) is 5.69 Å². The van der Waals surface area contributed by atoms with Crippen molar-refractivity contribution in [3.8, 4) is 5.75 Å². The van der Waals surface area contributed by atoms with Crippen molar-refractivity contribution in [1.82, 2.24) is 5.32 Å². The Morgan fingerprint density at radius 1 is 1.12 bits per heavy atom. The Morgan fingerprint density at radius 2 is 1.84 bits per heavy atom. The molecule has 2 amide bonds. The van der Waals surface area contributed by atoms with Crippen molar-refractivity contribution in [3.05, 3.63) is 72.3 Å². The van der Waals surface area contributed by atoms with Gasteiger partial charge in [0.2, 0.25) is 5.91 Å². The van der Waals surface area contributed by atoms with Gasteiger partial charge in [-0.15, -0.1) is 0 Å². The Hall–Kier alpha value is -3.41. The Balaban J connectivity index is 1.99. The third-order valence-electron chi connectivity index (χ3n) is 3.22. The van der Waals surface area contributed by atoms with Crippen molar-refractivity contribution in [3.63, 3.8) is 0 Å². The van der Waals surface area contributed by atoms with Gasteiger partial charge in [-0.05, 0) is 42.0 Å². The maximum atomic E-state index is 12.3. The average Bonchev–Trinajstić information content (AvgIpc) is 2.60. The highest BCUT2D eigenvalue weighted by Crippen LogP contribution is 2.16. The molecule has 2 aromatic rings. The first-order chi connectivity index (χ1) is 12.0. The molecular weight excluding hydrogens is 320 g/mol. The van der Waals surface area contributed by atoms with Gasteiger partial charge in [-0.3, -0.25) is 14.4 Å². The summed E-state index contributed by atoms with van der Waals surface area (Å²) in [5, 5.41) is 5.43. The van der Waals surface area contributed by atoms with Gasteiger partial charge in [0.25, 0.3) is 5.91 Å². The summed E-state index contributed by atoms with van der Waals surface area (Å²) in [6.07, 6.45) is 1.21. The van der Waals surface area contributed by atoms with Gasteiger partial charge in [0.1, 0.15) is 5.75 Å². The molecule has 2 rings (SSSR count). The van der Waals surface area contributed by atoms with Crippen LogP contribution in [0.1, 0.15) is 22.8 Å². The predicted octanol–water partition coefficient (Wildman–Crippen LogP) is 2.67. The number of carbonyl (C=O) groups is 3. The molecule has 6 nitrogen and oxygen atoms in total. The molecule has 0 spiro atoms. The Labute approximate surface area is 145 Å². The van der Waals surface area contributed by atoms with Crippen molar-refractivity contribution in [2.45, 2.75) is 13.5 Å². The number of hydrogen-bond acceptors (Lipinski definition) is 4. The van der Waals surface area contributed by atoms with E-state index in [0.717, 1.165) is 5.56 Å². The number of nitrogens with one attached hydrogen (secondary N) is 2. The highest BCUT2D eigenvalue weighted by atomic mass is 16.5. The van der Waals surface area contributed by atoms with Crippen molar-refractivity contribution in [1.29, 1.82) is 0 Å². The summed E-state index contributed by atoms with van der Waals surface area (Å²) >= 11 is 0. The molecule has 0 aromatic heterocycles. The molecule has 0 radical (unpaired) electrons. The molecule has 0 unspecified atom stereocenters. The molecule has 0 fully saturated rings. The molecular formula is C19H18N2O4. The molecule has 6 heteroatoms. The van der Waals surface area contributed by atoms with Gasteiger partial charge in [0, 0.05) is 24.7 Å². The second kappa shape index (κ2) is 8.44. The fraction of sp³-hybridized carbons (Fsp3) is 0.105. The van der Waals surface area contributed by atoms with E-state index in [2.05, 4.69) is 17.2 Å². The monoisotopic (exact) mass is 338 g/mol. The van der Waals surface area contributed by atoms with Crippen LogP contribution in [0.15, 0.2) is 61.2 Å². The van der Waals surface area contributed by atoms with E-state index in [1.807, 2.05) is 0 Å². The van der Waals surface area contributed by atoms with E-state index >= 15 is 0 Å². The molecule has 0 bridgehead atoms. The highest BCUT2D eigenvalue weighted by molar-refractivity contribution is 6.04. The second-order valence-electron chi connectivity index (χ2n) is 5.19. The fourth-order valence-corrected chi connectivity index (χ4v) is 2.04. The van der Waals surface area contributed by atoms with E-state index < -0.39 is 5.97 Å². The Kier molecular flexibility index (Phi) is 6.06. The van der Waals surface area contributed by atoms with Gasteiger partial charge in [-0.25, -0.2) is 0 Å². The van der Waals surface area contributed by atoms with Crippen LogP contribution in [0.25, 0.3) is 0 Å². The van der Waals surface area contributed by atoms with E-state index in [1.165, 1.54) is 19.1 Å². The maximum absolute atomic E-state index is 12.3. The molecule has 25 heavy (non-hydrogen) atoms. The van der Waals surface area contributed by atoms with E-state index in [1.54, 1.807) is 42.5 Å². The normalized spacial score (nSPS) is 9.80. The van der Waals surface area contributed by atoms with Crippen molar-refractivity contribution in [2.24, 2.45) is 0 Å². The predicted molar refractivity (Wildman–Crippen MR) is 94.2 cm³/mol. The molecule has 0 atom stereocenters. The Morgan fingerprint density at radius 3 is 2.48 bits per heavy atom. The SMILES string of the molecule is C=CC(=O)NCc1ccc(NC(=O)c2cccc(OC(C)=O)c2)cc1. The van der Waals surface area contributed by atoms with E-state index in [9.17, 15) is 14.4 Å². The lowest BCUT2D eigenvalue weighted by molar-refractivity contribution is -0.131. The zero-order valence-corrected chi connectivity index (χ0v) is 13.7. The standard InChI is InChI=1S/C19H18N2O4/c1-3-18(23)20-12-14-7-9-16(10-8-14)21-19(24)15-5-4-6-17(11-15)25-13(2)22/h3-11H,1,12H2,2H3,(H,20,23)(H,21,24). The van der Waals surface area contributed by atoms with Gasteiger partial charge in [0.05, 0.1) is 0 Å². The number of anilines is 1. The lowest BCUT2D eigenvalue weighted by Crippen LogP contribution is -2.19. The number of amides is 2. The minimum atomic E-state index is -0.448. The van der Waals surface area contributed by atoms with Crippen molar-refractivity contribution >= 4 is 23.5 Å². The highest BCUT2D eigenvalue weighted by Gasteiger charge is 2.08. The topological polar surface area (TPSA) is 84.5 Å². The first-order valence-corrected chi connectivity index (χ1v) is 7.57. The van der Waals surface area contributed by atoms with Gasteiger partial charge in [-0.1, -0.05) is 24.8 Å². The van der Waals surface area contributed by atoms with Gasteiger partial charge in [0.15, 0.2) is 0 Å². The Bertz CT molecular complexity index is 797. The minimum absolute atomic E-state index is 0.245. The van der Waals surface area contributed by atoms with Crippen LogP contribution >= 0.6 is 0 Å². The molecule has 0 saturated heterocycles. The third kappa shape index (κ3) is 5.62. The van der Waals surface area contributed by atoms with E-state index in [0.29, 0.717) is 23.5 Å².